The van der Waals surface area contributed by atoms with Gasteiger partial charge in [-0.3, -0.25) is 0 Å². The molecule has 1 aliphatic rings. The molecule has 0 bridgehead atoms. The zero-order valence-corrected chi connectivity index (χ0v) is 13.4. The first-order valence-electron chi connectivity index (χ1n) is 7.69. The Hall–Kier alpha value is -2.18. The molecule has 0 N–H and O–H groups in total. The molecule has 3 aromatic rings. The van der Waals surface area contributed by atoms with Crippen LogP contribution in [0.4, 0.5) is 0 Å². The van der Waals surface area contributed by atoms with Gasteiger partial charge in [0.15, 0.2) is 0 Å². The van der Waals surface area contributed by atoms with E-state index >= 15 is 0 Å². The number of imidazole rings is 1. The van der Waals surface area contributed by atoms with E-state index in [-0.39, 0.29) is 0 Å². The molecule has 3 heterocycles. The first-order valence-corrected chi connectivity index (χ1v) is 9.13. The van der Waals surface area contributed by atoms with Crippen LogP contribution in [0.1, 0.15) is 12.8 Å². The van der Waals surface area contributed by atoms with Crippen molar-refractivity contribution >= 4 is 15.7 Å². The summed E-state index contributed by atoms with van der Waals surface area (Å²) >= 11 is 0. The molecule has 1 aliphatic heterocycles. The molecule has 0 amide bonds. The Morgan fingerprint density at radius 2 is 1.70 bits per heavy atom. The second-order valence-electron chi connectivity index (χ2n) is 5.73. The van der Waals surface area contributed by atoms with E-state index in [1.165, 1.54) is 0 Å². The minimum Gasteiger partial charge on any atom is -0.306 e. The fourth-order valence-electron chi connectivity index (χ4n) is 2.95. The van der Waals surface area contributed by atoms with Gasteiger partial charge in [-0.15, -0.1) is 0 Å². The highest BCUT2D eigenvalue weighted by Gasteiger charge is 2.26. The van der Waals surface area contributed by atoms with Crippen molar-refractivity contribution in [3.8, 4) is 11.3 Å². The normalized spacial score (nSPS) is 16.2. The molecule has 2 aromatic heterocycles. The third-order valence-corrected chi connectivity index (χ3v) is 6.13. The molecule has 0 spiro atoms. The van der Waals surface area contributed by atoms with Gasteiger partial charge in [0.1, 0.15) is 5.65 Å². The highest BCUT2D eigenvalue weighted by molar-refractivity contribution is 7.89. The van der Waals surface area contributed by atoms with E-state index in [9.17, 15) is 8.42 Å². The predicted octanol–water partition coefficient (Wildman–Crippen LogP) is 2.79. The Kier molecular flexibility index (Phi) is 3.43. The summed E-state index contributed by atoms with van der Waals surface area (Å²) in [6, 6.07) is 12.8. The zero-order chi connectivity index (χ0) is 15.9. The van der Waals surface area contributed by atoms with Gasteiger partial charge in [0.05, 0.1) is 10.6 Å². The van der Waals surface area contributed by atoms with Gasteiger partial charge in [-0.25, -0.2) is 13.4 Å². The Labute approximate surface area is 135 Å². The molecular formula is C17H17N3O2S. The van der Waals surface area contributed by atoms with Crippen LogP contribution in [0, 0.1) is 0 Å². The molecule has 1 saturated heterocycles. The summed E-state index contributed by atoms with van der Waals surface area (Å²) in [6.45, 7) is 1.24. The van der Waals surface area contributed by atoms with Crippen molar-refractivity contribution < 1.29 is 8.42 Å². The highest BCUT2D eigenvalue weighted by Crippen LogP contribution is 2.24. The number of hydrogen-bond acceptors (Lipinski definition) is 3. The molecule has 23 heavy (non-hydrogen) atoms. The van der Waals surface area contributed by atoms with E-state index in [1.54, 1.807) is 16.4 Å². The average Bonchev–Trinajstić information content (AvgIpc) is 3.24. The maximum atomic E-state index is 12.5. The van der Waals surface area contributed by atoms with E-state index in [2.05, 4.69) is 4.98 Å². The van der Waals surface area contributed by atoms with Gasteiger partial charge >= 0.3 is 0 Å². The Morgan fingerprint density at radius 3 is 2.39 bits per heavy atom. The van der Waals surface area contributed by atoms with Crippen molar-refractivity contribution in [2.24, 2.45) is 0 Å². The largest absolute Gasteiger partial charge is 0.306 e. The van der Waals surface area contributed by atoms with E-state index in [4.69, 9.17) is 0 Å². The monoisotopic (exact) mass is 327 g/mol. The van der Waals surface area contributed by atoms with Gasteiger partial charge in [0.2, 0.25) is 10.0 Å². The van der Waals surface area contributed by atoms with Crippen molar-refractivity contribution in [1.82, 2.24) is 13.7 Å². The van der Waals surface area contributed by atoms with Gasteiger partial charge in [-0.1, -0.05) is 18.2 Å². The number of hydrogen-bond donors (Lipinski definition) is 0. The lowest BCUT2D eigenvalue weighted by atomic mass is 10.2. The second kappa shape index (κ2) is 5.47. The molecule has 6 heteroatoms. The fourth-order valence-corrected chi connectivity index (χ4v) is 4.47. The zero-order valence-electron chi connectivity index (χ0n) is 12.6. The van der Waals surface area contributed by atoms with Crippen LogP contribution in [0.2, 0.25) is 0 Å². The van der Waals surface area contributed by atoms with Gasteiger partial charge in [-0.2, -0.15) is 4.31 Å². The first-order chi connectivity index (χ1) is 11.1. The highest BCUT2D eigenvalue weighted by atomic mass is 32.2. The van der Waals surface area contributed by atoms with E-state index in [1.807, 2.05) is 47.1 Å². The lowest BCUT2D eigenvalue weighted by Gasteiger charge is -2.15. The van der Waals surface area contributed by atoms with Crippen LogP contribution in [-0.2, 0) is 10.0 Å². The minimum atomic E-state index is -3.35. The molecule has 4 rings (SSSR count). The van der Waals surface area contributed by atoms with Crippen molar-refractivity contribution in [3.05, 3.63) is 54.9 Å². The molecule has 1 fully saturated rings. The van der Waals surface area contributed by atoms with Gasteiger partial charge in [-0.05, 0) is 37.1 Å². The number of fused-ring (bicyclic) bond motifs is 1. The predicted molar refractivity (Wildman–Crippen MR) is 88.6 cm³/mol. The molecule has 118 valence electrons. The summed E-state index contributed by atoms with van der Waals surface area (Å²) < 4.78 is 28.6. The number of sulfonamides is 1. The van der Waals surface area contributed by atoms with Crippen molar-refractivity contribution in [2.45, 2.75) is 17.7 Å². The van der Waals surface area contributed by atoms with Gasteiger partial charge in [0.25, 0.3) is 0 Å². The quantitative estimate of drug-likeness (QED) is 0.743. The van der Waals surface area contributed by atoms with Crippen molar-refractivity contribution in [1.29, 1.82) is 0 Å². The Morgan fingerprint density at radius 1 is 0.957 bits per heavy atom. The van der Waals surface area contributed by atoms with Crippen LogP contribution in [0.3, 0.4) is 0 Å². The van der Waals surface area contributed by atoms with Gasteiger partial charge in [0, 0.05) is 31.0 Å². The van der Waals surface area contributed by atoms with Crippen LogP contribution in [0.5, 0.6) is 0 Å². The van der Waals surface area contributed by atoms with Crippen LogP contribution >= 0.6 is 0 Å². The second-order valence-corrected chi connectivity index (χ2v) is 7.67. The number of aromatic nitrogens is 2. The maximum Gasteiger partial charge on any atom is 0.243 e. The van der Waals surface area contributed by atoms with E-state index in [0.717, 1.165) is 29.7 Å². The molecule has 1 aromatic carbocycles. The molecule has 0 radical (unpaired) electrons. The van der Waals surface area contributed by atoms with Gasteiger partial charge < -0.3 is 4.40 Å². The SMILES string of the molecule is O=S(=O)(c1ccc(-c2cn3ccccc3n2)cc1)N1CCCC1. The Bertz CT molecular complexity index is 906. The first kappa shape index (κ1) is 14.4. The third kappa shape index (κ3) is 2.54. The fraction of sp³-hybridized carbons (Fsp3) is 0.235. The molecule has 0 unspecified atom stereocenters. The summed E-state index contributed by atoms with van der Waals surface area (Å²) in [5, 5.41) is 0. The summed E-state index contributed by atoms with van der Waals surface area (Å²) in [6.07, 6.45) is 5.77. The summed E-state index contributed by atoms with van der Waals surface area (Å²) in [5.41, 5.74) is 2.62. The minimum absolute atomic E-state index is 0.354. The molecule has 5 nitrogen and oxygen atoms in total. The smallest absolute Gasteiger partial charge is 0.243 e. The standard InChI is InChI=1S/C17H17N3O2S/c21-23(22,20-11-3-4-12-20)15-8-6-14(7-9-15)16-13-19-10-2-1-5-17(19)18-16/h1-2,5-10,13H,3-4,11-12H2. The molecule has 0 saturated carbocycles. The molecule has 0 atom stereocenters. The van der Waals surface area contributed by atoms with E-state index < -0.39 is 10.0 Å². The van der Waals surface area contributed by atoms with Crippen LogP contribution in [0.15, 0.2) is 59.8 Å². The summed E-state index contributed by atoms with van der Waals surface area (Å²) in [4.78, 5) is 4.91. The summed E-state index contributed by atoms with van der Waals surface area (Å²) in [7, 11) is -3.35. The van der Waals surface area contributed by atoms with Crippen LogP contribution in [0.25, 0.3) is 16.9 Å². The lowest BCUT2D eigenvalue weighted by Crippen LogP contribution is -2.27. The van der Waals surface area contributed by atoms with Crippen LogP contribution < -0.4 is 0 Å². The maximum absolute atomic E-state index is 12.5. The lowest BCUT2D eigenvalue weighted by molar-refractivity contribution is 0.477. The number of rotatable bonds is 3. The van der Waals surface area contributed by atoms with Crippen molar-refractivity contribution in [2.75, 3.05) is 13.1 Å². The number of pyridine rings is 1. The number of benzene rings is 1. The summed E-state index contributed by atoms with van der Waals surface area (Å²) in [5.74, 6) is 0. The van der Waals surface area contributed by atoms with Crippen LogP contribution in [-0.4, -0.2) is 35.2 Å². The number of nitrogens with zero attached hydrogens (tertiary/aromatic N) is 3. The Balaban J connectivity index is 1.67. The molecular weight excluding hydrogens is 310 g/mol. The topological polar surface area (TPSA) is 54.7 Å². The third-order valence-electron chi connectivity index (χ3n) is 4.22. The van der Waals surface area contributed by atoms with E-state index in [0.29, 0.717) is 18.0 Å². The molecule has 0 aliphatic carbocycles. The average molecular weight is 327 g/mol. The van der Waals surface area contributed by atoms with Crippen molar-refractivity contribution in [3.63, 3.8) is 0 Å².